The van der Waals surface area contributed by atoms with Crippen molar-refractivity contribution >= 4 is 33.4 Å². The summed E-state index contributed by atoms with van der Waals surface area (Å²) in [6.45, 7) is 4.03. The molecule has 1 rings (SSSR count). The van der Waals surface area contributed by atoms with Crippen LogP contribution in [0.1, 0.15) is 18.9 Å². The normalized spacial score (nSPS) is 12.0. The monoisotopic (exact) mass is 350 g/mol. The van der Waals surface area contributed by atoms with Crippen molar-refractivity contribution in [3.63, 3.8) is 0 Å². The van der Waals surface area contributed by atoms with E-state index >= 15 is 0 Å². The molecule has 1 aromatic rings. The minimum atomic E-state index is -3.45. The molecule has 21 heavy (non-hydrogen) atoms. The predicted molar refractivity (Wildman–Crippen MR) is 91.6 cm³/mol. The van der Waals surface area contributed by atoms with E-state index in [1.165, 1.54) is 4.31 Å². The number of thioether (sulfide) groups is 1. The van der Waals surface area contributed by atoms with Gasteiger partial charge in [-0.05, 0) is 43.0 Å². The number of hydrogen-bond donors (Lipinski definition) is 1. The number of benzene rings is 1. The van der Waals surface area contributed by atoms with E-state index in [1.807, 2.05) is 6.26 Å². The number of rotatable bonds is 9. The number of sulfonamides is 1. The Labute approximate surface area is 137 Å². The highest BCUT2D eigenvalue weighted by Gasteiger charge is 2.21. The molecule has 0 unspecified atom stereocenters. The minimum Gasteiger partial charge on any atom is -0.313 e. The van der Waals surface area contributed by atoms with Crippen LogP contribution in [0.25, 0.3) is 0 Å². The molecule has 0 aliphatic heterocycles. The molecule has 0 spiro atoms. The Morgan fingerprint density at radius 1 is 1.38 bits per heavy atom. The van der Waals surface area contributed by atoms with Gasteiger partial charge in [0.05, 0.1) is 4.90 Å². The van der Waals surface area contributed by atoms with E-state index in [4.69, 9.17) is 11.6 Å². The van der Waals surface area contributed by atoms with Crippen LogP contribution in [-0.2, 0) is 16.6 Å². The Bertz CT molecular complexity index is 550. The second-order valence-corrected chi connectivity index (χ2v) is 8.19. The standard InChI is InChI=1S/C14H23ClN2O2S2/c1-4-7-16-11-12-10-13(5-6-14(12)15)21(18,19)17(2)8-9-20-3/h5-6,10,16H,4,7-9,11H2,1-3H3. The van der Waals surface area contributed by atoms with E-state index in [2.05, 4.69) is 12.2 Å². The third kappa shape index (κ3) is 5.45. The summed E-state index contributed by atoms with van der Waals surface area (Å²) in [5, 5.41) is 3.83. The lowest BCUT2D eigenvalue weighted by Crippen LogP contribution is -2.29. The van der Waals surface area contributed by atoms with Gasteiger partial charge in [0, 0.05) is 30.9 Å². The molecule has 120 valence electrons. The molecule has 1 aromatic carbocycles. The summed E-state index contributed by atoms with van der Waals surface area (Å²) in [7, 11) is -1.84. The Balaban J connectivity index is 2.94. The van der Waals surface area contributed by atoms with Gasteiger partial charge in [0.25, 0.3) is 0 Å². The third-order valence-electron chi connectivity index (χ3n) is 3.08. The lowest BCUT2D eigenvalue weighted by atomic mass is 10.2. The highest BCUT2D eigenvalue weighted by Crippen LogP contribution is 2.22. The van der Waals surface area contributed by atoms with Gasteiger partial charge in [-0.25, -0.2) is 12.7 Å². The van der Waals surface area contributed by atoms with E-state index in [0.29, 0.717) is 23.0 Å². The summed E-state index contributed by atoms with van der Waals surface area (Å²) >= 11 is 7.76. The summed E-state index contributed by atoms with van der Waals surface area (Å²) in [4.78, 5) is 0.295. The first-order chi connectivity index (χ1) is 9.93. The van der Waals surface area contributed by atoms with Crippen molar-refractivity contribution < 1.29 is 8.42 Å². The van der Waals surface area contributed by atoms with Crippen molar-refractivity contribution in [2.45, 2.75) is 24.8 Å². The van der Waals surface area contributed by atoms with Gasteiger partial charge >= 0.3 is 0 Å². The SMILES string of the molecule is CCCNCc1cc(S(=O)(=O)N(C)CCSC)ccc1Cl. The van der Waals surface area contributed by atoms with Crippen LogP contribution in [0.4, 0.5) is 0 Å². The van der Waals surface area contributed by atoms with Crippen molar-refractivity contribution in [2.24, 2.45) is 0 Å². The maximum absolute atomic E-state index is 12.5. The molecular formula is C14H23ClN2O2S2. The van der Waals surface area contributed by atoms with Crippen LogP contribution in [0.2, 0.25) is 5.02 Å². The molecule has 0 bridgehead atoms. The van der Waals surface area contributed by atoms with E-state index in [9.17, 15) is 8.42 Å². The summed E-state index contributed by atoms with van der Waals surface area (Å²) in [6, 6.07) is 4.88. The van der Waals surface area contributed by atoms with Crippen LogP contribution >= 0.6 is 23.4 Å². The van der Waals surface area contributed by atoms with Crippen molar-refractivity contribution in [3.8, 4) is 0 Å². The van der Waals surface area contributed by atoms with Crippen LogP contribution in [0.15, 0.2) is 23.1 Å². The fraction of sp³-hybridized carbons (Fsp3) is 0.571. The number of halogens is 1. The summed E-state index contributed by atoms with van der Waals surface area (Å²) in [5.74, 6) is 0.772. The number of hydrogen-bond acceptors (Lipinski definition) is 4. The molecule has 1 N–H and O–H groups in total. The van der Waals surface area contributed by atoms with E-state index in [-0.39, 0.29) is 0 Å². The Kier molecular flexibility index (Phi) is 8.05. The van der Waals surface area contributed by atoms with Crippen LogP contribution in [-0.4, -0.2) is 44.9 Å². The van der Waals surface area contributed by atoms with Gasteiger partial charge in [0.2, 0.25) is 10.0 Å². The Morgan fingerprint density at radius 2 is 2.10 bits per heavy atom. The fourth-order valence-electron chi connectivity index (χ4n) is 1.77. The van der Waals surface area contributed by atoms with Gasteiger partial charge in [-0.2, -0.15) is 11.8 Å². The van der Waals surface area contributed by atoms with Gasteiger partial charge in [0.15, 0.2) is 0 Å². The first-order valence-corrected chi connectivity index (χ1v) is 10.1. The lowest BCUT2D eigenvalue weighted by Gasteiger charge is -2.17. The van der Waals surface area contributed by atoms with Crippen molar-refractivity contribution in [2.75, 3.05) is 32.1 Å². The summed E-state index contributed by atoms with van der Waals surface area (Å²) < 4.78 is 26.4. The quantitative estimate of drug-likeness (QED) is 0.696. The summed E-state index contributed by atoms with van der Waals surface area (Å²) in [6.07, 6.45) is 2.98. The molecule has 0 saturated carbocycles. The first kappa shape index (κ1) is 18.8. The lowest BCUT2D eigenvalue weighted by molar-refractivity contribution is 0.488. The Morgan fingerprint density at radius 3 is 2.71 bits per heavy atom. The summed E-state index contributed by atoms with van der Waals surface area (Å²) in [5.41, 5.74) is 0.810. The second-order valence-electron chi connectivity index (χ2n) is 4.75. The Hall–Kier alpha value is -0.270. The van der Waals surface area contributed by atoms with Crippen LogP contribution < -0.4 is 5.32 Å². The molecule has 0 aliphatic rings. The van der Waals surface area contributed by atoms with Crippen molar-refractivity contribution in [3.05, 3.63) is 28.8 Å². The zero-order chi connectivity index (χ0) is 15.9. The van der Waals surface area contributed by atoms with Gasteiger partial charge in [-0.1, -0.05) is 18.5 Å². The van der Waals surface area contributed by atoms with E-state index in [1.54, 1.807) is 37.0 Å². The van der Waals surface area contributed by atoms with Crippen molar-refractivity contribution in [1.82, 2.24) is 9.62 Å². The third-order valence-corrected chi connectivity index (χ3v) is 5.89. The molecule has 0 heterocycles. The average Bonchev–Trinajstić information content (AvgIpc) is 2.46. The first-order valence-electron chi connectivity index (χ1n) is 6.88. The van der Waals surface area contributed by atoms with Crippen molar-refractivity contribution in [1.29, 1.82) is 0 Å². The van der Waals surface area contributed by atoms with Gasteiger partial charge in [-0.3, -0.25) is 0 Å². The molecule has 0 fully saturated rings. The molecule has 0 saturated heterocycles. The smallest absolute Gasteiger partial charge is 0.242 e. The molecule has 0 amide bonds. The highest BCUT2D eigenvalue weighted by atomic mass is 35.5. The largest absolute Gasteiger partial charge is 0.313 e. The predicted octanol–water partition coefficient (Wildman–Crippen LogP) is 2.82. The fourth-order valence-corrected chi connectivity index (χ4v) is 3.75. The maximum atomic E-state index is 12.5. The maximum Gasteiger partial charge on any atom is 0.242 e. The van der Waals surface area contributed by atoms with Gasteiger partial charge < -0.3 is 5.32 Å². The van der Waals surface area contributed by atoms with E-state index < -0.39 is 10.0 Å². The topological polar surface area (TPSA) is 49.4 Å². The molecule has 7 heteroatoms. The van der Waals surface area contributed by atoms with Gasteiger partial charge in [0.1, 0.15) is 0 Å². The van der Waals surface area contributed by atoms with Gasteiger partial charge in [-0.15, -0.1) is 0 Å². The molecule has 0 aliphatic carbocycles. The molecule has 0 aromatic heterocycles. The molecular weight excluding hydrogens is 328 g/mol. The van der Waals surface area contributed by atoms with Crippen LogP contribution in [0, 0.1) is 0 Å². The number of nitrogens with zero attached hydrogens (tertiary/aromatic N) is 1. The second kappa shape index (κ2) is 9.00. The number of nitrogens with one attached hydrogen (secondary N) is 1. The highest BCUT2D eigenvalue weighted by molar-refractivity contribution is 7.98. The van der Waals surface area contributed by atoms with Crippen LogP contribution in [0.5, 0.6) is 0 Å². The van der Waals surface area contributed by atoms with Crippen LogP contribution in [0.3, 0.4) is 0 Å². The molecule has 4 nitrogen and oxygen atoms in total. The molecule has 0 radical (unpaired) electrons. The van der Waals surface area contributed by atoms with E-state index in [0.717, 1.165) is 24.3 Å². The molecule has 0 atom stereocenters. The zero-order valence-electron chi connectivity index (χ0n) is 12.7. The zero-order valence-corrected chi connectivity index (χ0v) is 15.1. The minimum absolute atomic E-state index is 0.295. The average molecular weight is 351 g/mol.